The lowest BCUT2D eigenvalue weighted by Crippen LogP contribution is -2.17. The summed E-state index contributed by atoms with van der Waals surface area (Å²) in [5.41, 5.74) is 1.35. The van der Waals surface area contributed by atoms with E-state index in [2.05, 4.69) is 9.72 Å². The molecule has 94 valence electrons. The fraction of sp³-hybridized carbons (Fsp3) is 0.167. The van der Waals surface area contributed by atoms with Gasteiger partial charge in [0.15, 0.2) is 6.29 Å². The Hall–Kier alpha value is -2.11. The molecule has 0 radical (unpaired) electrons. The second kappa shape index (κ2) is 4.29. The number of nitrogens with zero attached hydrogens (tertiary/aromatic N) is 1. The molecule has 0 aliphatic carbocycles. The van der Waals surface area contributed by atoms with Crippen LogP contribution in [0.2, 0.25) is 0 Å². The summed E-state index contributed by atoms with van der Waals surface area (Å²) in [5.74, 6) is -0.307. The zero-order valence-electron chi connectivity index (χ0n) is 9.28. The zero-order valence-corrected chi connectivity index (χ0v) is 9.28. The summed E-state index contributed by atoms with van der Waals surface area (Å²) in [6.07, 6.45) is -4.13. The van der Waals surface area contributed by atoms with E-state index in [-0.39, 0.29) is 11.4 Å². The second-order valence-electron chi connectivity index (χ2n) is 3.71. The minimum atomic E-state index is -4.72. The Kier molecular flexibility index (Phi) is 2.94. The van der Waals surface area contributed by atoms with Gasteiger partial charge in [-0.25, -0.2) is 4.98 Å². The number of ether oxygens (including phenoxy) is 1. The van der Waals surface area contributed by atoms with E-state index in [4.69, 9.17) is 0 Å². The third-order valence-electron chi connectivity index (χ3n) is 2.36. The average molecular weight is 255 g/mol. The van der Waals surface area contributed by atoms with Gasteiger partial charge in [0.1, 0.15) is 11.4 Å². The van der Waals surface area contributed by atoms with Crippen LogP contribution in [-0.4, -0.2) is 17.6 Å². The van der Waals surface area contributed by atoms with Gasteiger partial charge in [0.05, 0.1) is 5.52 Å². The lowest BCUT2D eigenvalue weighted by atomic mass is 10.1. The van der Waals surface area contributed by atoms with Crippen molar-refractivity contribution < 1.29 is 22.7 Å². The number of carbonyl (C=O) groups is 1. The maximum absolute atomic E-state index is 12.1. The number of aldehydes is 1. The van der Waals surface area contributed by atoms with E-state index in [1.165, 1.54) is 18.2 Å². The number of fused-ring (bicyclic) bond motifs is 1. The Labute approximate surface area is 100 Å². The molecule has 0 aliphatic rings. The van der Waals surface area contributed by atoms with E-state index >= 15 is 0 Å². The van der Waals surface area contributed by atoms with Crippen LogP contribution < -0.4 is 4.74 Å². The predicted molar refractivity (Wildman–Crippen MR) is 58.6 cm³/mol. The first-order valence-corrected chi connectivity index (χ1v) is 5.01. The molecule has 0 amide bonds. The van der Waals surface area contributed by atoms with Crippen molar-refractivity contribution in [3.63, 3.8) is 0 Å². The highest BCUT2D eigenvalue weighted by Gasteiger charge is 2.31. The third kappa shape index (κ3) is 2.58. The molecule has 0 aliphatic heterocycles. The number of halogens is 3. The molecule has 3 nitrogen and oxygen atoms in total. The minimum absolute atomic E-state index is 0.240. The summed E-state index contributed by atoms with van der Waals surface area (Å²) in [6.45, 7) is 1.69. The summed E-state index contributed by atoms with van der Waals surface area (Å²) in [5, 5.41) is 0.516. The van der Waals surface area contributed by atoms with Gasteiger partial charge in [-0.05, 0) is 36.8 Å². The van der Waals surface area contributed by atoms with Gasteiger partial charge in [0.2, 0.25) is 0 Å². The van der Waals surface area contributed by atoms with Crippen LogP contribution in [0.4, 0.5) is 13.2 Å². The van der Waals surface area contributed by atoms with Crippen LogP contribution in [0.3, 0.4) is 0 Å². The van der Waals surface area contributed by atoms with Crippen LogP contribution in [0.5, 0.6) is 5.75 Å². The van der Waals surface area contributed by atoms with Crippen LogP contribution in [0.15, 0.2) is 24.3 Å². The summed E-state index contributed by atoms with van der Waals surface area (Å²) in [7, 11) is 0. The van der Waals surface area contributed by atoms with Gasteiger partial charge in [0.25, 0.3) is 0 Å². The van der Waals surface area contributed by atoms with Gasteiger partial charge in [-0.3, -0.25) is 4.79 Å². The normalized spacial score (nSPS) is 11.6. The van der Waals surface area contributed by atoms with Crippen LogP contribution in [-0.2, 0) is 0 Å². The van der Waals surface area contributed by atoms with E-state index in [1.54, 1.807) is 6.92 Å². The lowest BCUT2D eigenvalue weighted by Gasteiger charge is -2.10. The molecular weight excluding hydrogens is 247 g/mol. The number of pyridine rings is 1. The van der Waals surface area contributed by atoms with Crippen LogP contribution >= 0.6 is 0 Å². The molecule has 0 saturated carbocycles. The van der Waals surface area contributed by atoms with Crippen molar-refractivity contribution in [3.8, 4) is 5.75 Å². The van der Waals surface area contributed by atoms with Crippen molar-refractivity contribution in [1.82, 2.24) is 4.98 Å². The summed E-state index contributed by atoms with van der Waals surface area (Å²) < 4.78 is 40.1. The molecule has 2 rings (SSSR count). The Morgan fingerprint density at radius 2 is 2.00 bits per heavy atom. The van der Waals surface area contributed by atoms with Crippen molar-refractivity contribution in [2.45, 2.75) is 13.3 Å². The van der Waals surface area contributed by atoms with Crippen LogP contribution in [0, 0.1) is 6.92 Å². The SMILES string of the molecule is Cc1cc(C=O)nc2ccc(OC(F)(F)F)cc12. The topological polar surface area (TPSA) is 39.2 Å². The van der Waals surface area contributed by atoms with E-state index in [0.717, 1.165) is 6.07 Å². The number of alkyl halides is 3. The molecule has 1 aromatic heterocycles. The summed E-state index contributed by atoms with van der Waals surface area (Å²) in [4.78, 5) is 14.6. The number of hydrogen-bond donors (Lipinski definition) is 0. The molecule has 0 bridgehead atoms. The number of aryl methyl sites for hydroxylation is 1. The Bertz CT molecular complexity index is 608. The first-order chi connectivity index (χ1) is 8.39. The number of carbonyl (C=O) groups excluding carboxylic acids is 1. The standard InChI is InChI=1S/C12H8F3NO2/c1-7-4-8(6-17)16-11-3-2-9(5-10(7)11)18-12(13,14)15/h2-6H,1H3. The maximum atomic E-state index is 12.1. The largest absolute Gasteiger partial charge is 0.573 e. The van der Waals surface area contributed by atoms with Gasteiger partial charge in [-0.2, -0.15) is 0 Å². The smallest absolute Gasteiger partial charge is 0.406 e. The number of benzene rings is 1. The van der Waals surface area contributed by atoms with E-state index in [1.807, 2.05) is 0 Å². The third-order valence-corrected chi connectivity index (χ3v) is 2.36. The number of rotatable bonds is 2. The highest BCUT2D eigenvalue weighted by molar-refractivity contribution is 5.87. The van der Waals surface area contributed by atoms with E-state index < -0.39 is 6.36 Å². The quantitative estimate of drug-likeness (QED) is 0.773. The molecule has 1 aromatic carbocycles. The molecule has 0 unspecified atom stereocenters. The first-order valence-electron chi connectivity index (χ1n) is 5.01. The second-order valence-corrected chi connectivity index (χ2v) is 3.71. The van der Waals surface area contributed by atoms with Crippen LogP contribution in [0.1, 0.15) is 16.1 Å². The first kappa shape index (κ1) is 12.3. The molecule has 6 heteroatoms. The van der Waals surface area contributed by atoms with E-state index in [0.29, 0.717) is 22.8 Å². The molecule has 1 heterocycles. The Balaban J connectivity index is 2.52. The molecule has 0 N–H and O–H groups in total. The molecule has 0 fully saturated rings. The van der Waals surface area contributed by atoms with Crippen molar-refractivity contribution >= 4 is 17.2 Å². The number of aromatic nitrogens is 1. The van der Waals surface area contributed by atoms with Crippen molar-refractivity contribution in [3.05, 3.63) is 35.5 Å². The van der Waals surface area contributed by atoms with Gasteiger partial charge in [0, 0.05) is 5.39 Å². The molecule has 0 spiro atoms. The number of hydrogen-bond acceptors (Lipinski definition) is 3. The highest BCUT2D eigenvalue weighted by atomic mass is 19.4. The van der Waals surface area contributed by atoms with Gasteiger partial charge in [-0.15, -0.1) is 13.2 Å². The van der Waals surface area contributed by atoms with Gasteiger partial charge < -0.3 is 4.74 Å². The molecule has 0 atom stereocenters. The Morgan fingerprint density at radius 1 is 1.28 bits per heavy atom. The summed E-state index contributed by atoms with van der Waals surface area (Å²) >= 11 is 0. The Morgan fingerprint density at radius 3 is 2.61 bits per heavy atom. The lowest BCUT2D eigenvalue weighted by molar-refractivity contribution is -0.274. The fourth-order valence-corrected chi connectivity index (χ4v) is 1.66. The zero-order chi connectivity index (χ0) is 13.3. The minimum Gasteiger partial charge on any atom is -0.406 e. The van der Waals surface area contributed by atoms with Crippen molar-refractivity contribution in [2.75, 3.05) is 0 Å². The van der Waals surface area contributed by atoms with Gasteiger partial charge >= 0.3 is 6.36 Å². The highest BCUT2D eigenvalue weighted by Crippen LogP contribution is 2.27. The van der Waals surface area contributed by atoms with Gasteiger partial charge in [-0.1, -0.05) is 0 Å². The van der Waals surface area contributed by atoms with Crippen molar-refractivity contribution in [1.29, 1.82) is 0 Å². The molecule has 18 heavy (non-hydrogen) atoms. The van der Waals surface area contributed by atoms with Crippen LogP contribution in [0.25, 0.3) is 10.9 Å². The average Bonchev–Trinajstić information content (AvgIpc) is 2.27. The summed E-state index contributed by atoms with van der Waals surface area (Å²) in [6, 6.07) is 5.31. The van der Waals surface area contributed by atoms with E-state index in [9.17, 15) is 18.0 Å². The fourth-order valence-electron chi connectivity index (χ4n) is 1.66. The molecular formula is C12H8F3NO2. The molecule has 2 aromatic rings. The maximum Gasteiger partial charge on any atom is 0.573 e. The predicted octanol–water partition coefficient (Wildman–Crippen LogP) is 3.25. The van der Waals surface area contributed by atoms with Crippen molar-refractivity contribution in [2.24, 2.45) is 0 Å². The monoisotopic (exact) mass is 255 g/mol. The molecule has 0 saturated heterocycles.